The van der Waals surface area contributed by atoms with E-state index in [9.17, 15) is 0 Å². The number of hydrogen-bond acceptors (Lipinski definition) is 3. The molecule has 1 heterocycles. The molecule has 0 fully saturated rings. The average molecular weight is 259 g/mol. The summed E-state index contributed by atoms with van der Waals surface area (Å²) >= 11 is 0. The summed E-state index contributed by atoms with van der Waals surface area (Å²) in [5, 5.41) is 7.87. The molecule has 2 rings (SSSR count). The maximum absolute atomic E-state index is 5.14. The molecular formula is C15H21N3O. The highest BCUT2D eigenvalue weighted by Gasteiger charge is 2.03. The van der Waals surface area contributed by atoms with Crippen LogP contribution in [-0.4, -0.2) is 16.9 Å². The van der Waals surface area contributed by atoms with Gasteiger partial charge in [-0.2, -0.15) is 5.10 Å². The lowest BCUT2D eigenvalue weighted by molar-refractivity contribution is 0.185. The monoisotopic (exact) mass is 259 g/mol. The molecule has 0 spiro atoms. The van der Waals surface area contributed by atoms with E-state index in [0.717, 1.165) is 24.3 Å². The van der Waals surface area contributed by atoms with Gasteiger partial charge in [-0.25, -0.2) is 0 Å². The Morgan fingerprint density at radius 2 is 2.16 bits per heavy atom. The van der Waals surface area contributed by atoms with Crippen LogP contribution in [-0.2, 0) is 31.4 Å². The molecule has 19 heavy (non-hydrogen) atoms. The van der Waals surface area contributed by atoms with Gasteiger partial charge in [0.2, 0.25) is 0 Å². The van der Waals surface area contributed by atoms with Gasteiger partial charge in [-0.15, -0.1) is 0 Å². The fraction of sp³-hybridized carbons (Fsp3) is 0.400. The first-order valence-electron chi connectivity index (χ1n) is 6.56. The molecule has 0 bridgehead atoms. The topological polar surface area (TPSA) is 39.1 Å². The third-order valence-electron chi connectivity index (χ3n) is 3.10. The van der Waals surface area contributed by atoms with Crippen molar-refractivity contribution < 1.29 is 4.74 Å². The molecule has 1 N–H and O–H groups in total. The summed E-state index contributed by atoms with van der Waals surface area (Å²) in [6.45, 7) is 3.54. The fourth-order valence-electron chi connectivity index (χ4n) is 2.04. The second-order valence-electron chi connectivity index (χ2n) is 4.59. The Balaban J connectivity index is 2.01. The molecule has 4 nitrogen and oxygen atoms in total. The lowest BCUT2D eigenvalue weighted by Gasteiger charge is -2.08. The Morgan fingerprint density at radius 1 is 1.32 bits per heavy atom. The molecule has 102 valence electrons. The van der Waals surface area contributed by atoms with E-state index in [1.54, 1.807) is 7.11 Å². The normalized spacial score (nSPS) is 10.7. The van der Waals surface area contributed by atoms with Gasteiger partial charge in [-0.05, 0) is 30.2 Å². The number of hydrogen-bond donors (Lipinski definition) is 1. The van der Waals surface area contributed by atoms with E-state index in [-0.39, 0.29) is 0 Å². The van der Waals surface area contributed by atoms with E-state index in [2.05, 4.69) is 41.6 Å². The second-order valence-corrected chi connectivity index (χ2v) is 4.59. The van der Waals surface area contributed by atoms with Crippen molar-refractivity contribution in [2.24, 2.45) is 7.05 Å². The largest absolute Gasteiger partial charge is 0.380 e. The Kier molecular flexibility index (Phi) is 4.58. The number of aryl methyl sites for hydroxylation is 2. The molecular weight excluding hydrogens is 238 g/mol. The summed E-state index contributed by atoms with van der Waals surface area (Å²) in [7, 11) is 3.69. The fourth-order valence-corrected chi connectivity index (χ4v) is 2.04. The first-order chi connectivity index (χ1) is 9.22. The molecule has 0 amide bonds. The maximum atomic E-state index is 5.14. The summed E-state index contributed by atoms with van der Waals surface area (Å²) in [5.41, 5.74) is 4.60. The zero-order chi connectivity index (χ0) is 13.7. The van der Waals surface area contributed by atoms with Crippen LogP contribution in [0.15, 0.2) is 30.3 Å². The SMILES string of the molecule is CCc1cc(CNc2cccc(COC)c2)n(C)n1. The smallest absolute Gasteiger partial charge is 0.0713 e. The van der Waals surface area contributed by atoms with Gasteiger partial charge < -0.3 is 10.1 Å². The number of methoxy groups -OCH3 is 1. The predicted molar refractivity (Wildman–Crippen MR) is 77.1 cm³/mol. The zero-order valence-electron chi connectivity index (χ0n) is 11.8. The summed E-state index contributed by atoms with van der Waals surface area (Å²) in [4.78, 5) is 0. The van der Waals surface area contributed by atoms with Crippen LogP contribution in [0.1, 0.15) is 23.9 Å². The molecule has 0 radical (unpaired) electrons. The summed E-state index contributed by atoms with van der Waals surface area (Å²) in [6, 6.07) is 10.4. The summed E-state index contributed by atoms with van der Waals surface area (Å²) in [5.74, 6) is 0. The molecule has 0 aliphatic rings. The van der Waals surface area contributed by atoms with E-state index < -0.39 is 0 Å². The average Bonchev–Trinajstić information content (AvgIpc) is 2.78. The van der Waals surface area contributed by atoms with E-state index in [1.165, 1.54) is 11.3 Å². The van der Waals surface area contributed by atoms with Crippen molar-refractivity contribution >= 4 is 5.69 Å². The van der Waals surface area contributed by atoms with Crippen molar-refractivity contribution in [3.8, 4) is 0 Å². The number of aromatic nitrogens is 2. The lowest BCUT2D eigenvalue weighted by Crippen LogP contribution is -2.05. The molecule has 2 aromatic rings. The number of benzene rings is 1. The van der Waals surface area contributed by atoms with Crippen LogP contribution in [0.4, 0.5) is 5.69 Å². The highest BCUT2D eigenvalue weighted by atomic mass is 16.5. The lowest BCUT2D eigenvalue weighted by atomic mass is 10.2. The van der Waals surface area contributed by atoms with Gasteiger partial charge in [0, 0.05) is 19.8 Å². The number of nitrogens with one attached hydrogen (secondary N) is 1. The minimum absolute atomic E-state index is 0.640. The van der Waals surface area contributed by atoms with E-state index in [1.807, 2.05) is 17.8 Å². The third-order valence-corrected chi connectivity index (χ3v) is 3.10. The quantitative estimate of drug-likeness (QED) is 0.867. The summed E-state index contributed by atoms with van der Waals surface area (Å²) in [6.07, 6.45) is 0.969. The predicted octanol–water partition coefficient (Wildman–Crippen LogP) is 2.74. The first kappa shape index (κ1) is 13.6. The Labute approximate surface area is 114 Å². The van der Waals surface area contributed by atoms with Crippen molar-refractivity contribution in [1.82, 2.24) is 9.78 Å². The number of anilines is 1. The van der Waals surface area contributed by atoms with E-state index in [0.29, 0.717) is 6.61 Å². The van der Waals surface area contributed by atoms with Crippen LogP contribution in [0.3, 0.4) is 0 Å². The minimum atomic E-state index is 0.640. The molecule has 1 aromatic heterocycles. The summed E-state index contributed by atoms with van der Waals surface area (Å²) < 4.78 is 7.08. The zero-order valence-corrected chi connectivity index (χ0v) is 11.8. The van der Waals surface area contributed by atoms with Crippen LogP contribution in [0.2, 0.25) is 0 Å². The highest BCUT2D eigenvalue weighted by molar-refractivity contribution is 5.45. The van der Waals surface area contributed by atoms with Crippen molar-refractivity contribution in [3.05, 3.63) is 47.3 Å². The van der Waals surface area contributed by atoms with Crippen LogP contribution < -0.4 is 5.32 Å². The molecule has 4 heteroatoms. The van der Waals surface area contributed by atoms with Crippen LogP contribution in [0, 0.1) is 0 Å². The first-order valence-corrected chi connectivity index (χ1v) is 6.56. The molecule has 0 aliphatic heterocycles. The van der Waals surface area contributed by atoms with Crippen molar-refractivity contribution in [2.45, 2.75) is 26.5 Å². The van der Waals surface area contributed by atoms with Crippen molar-refractivity contribution in [1.29, 1.82) is 0 Å². The Morgan fingerprint density at radius 3 is 2.84 bits per heavy atom. The van der Waals surface area contributed by atoms with Crippen LogP contribution in [0.25, 0.3) is 0 Å². The Hall–Kier alpha value is -1.81. The molecule has 1 aromatic carbocycles. The highest BCUT2D eigenvalue weighted by Crippen LogP contribution is 2.13. The van der Waals surface area contributed by atoms with Crippen LogP contribution in [0.5, 0.6) is 0 Å². The molecule has 0 aliphatic carbocycles. The van der Waals surface area contributed by atoms with Crippen molar-refractivity contribution in [3.63, 3.8) is 0 Å². The molecule has 0 saturated carbocycles. The van der Waals surface area contributed by atoms with Crippen LogP contribution >= 0.6 is 0 Å². The number of ether oxygens (including phenoxy) is 1. The van der Waals surface area contributed by atoms with Gasteiger partial charge >= 0.3 is 0 Å². The van der Waals surface area contributed by atoms with Gasteiger partial charge in [0.25, 0.3) is 0 Å². The number of nitrogens with zero attached hydrogens (tertiary/aromatic N) is 2. The second kappa shape index (κ2) is 6.38. The maximum Gasteiger partial charge on any atom is 0.0713 e. The Bertz CT molecular complexity index is 534. The van der Waals surface area contributed by atoms with Gasteiger partial charge in [-0.1, -0.05) is 19.1 Å². The number of rotatable bonds is 6. The van der Waals surface area contributed by atoms with Gasteiger partial charge in [0.1, 0.15) is 0 Å². The molecule has 0 unspecified atom stereocenters. The van der Waals surface area contributed by atoms with E-state index in [4.69, 9.17) is 4.74 Å². The van der Waals surface area contributed by atoms with Crippen molar-refractivity contribution in [2.75, 3.05) is 12.4 Å². The standard InChI is InChI=1S/C15H21N3O/c1-4-13-9-15(18(2)17-13)10-16-14-7-5-6-12(8-14)11-19-3/h5-9,16H,4,10-11H2,1-3H3. The van der Waals surface area contributed by atoms with Gasteiger partial charge in [0.05, 0.1) is 24.5 Å². The van der Waals surface area contributed by atoms with Gasteiger partial charge in [-0.3, -0.25) is 4.68 Å². The minimum Gasteiger partial charge on any atom is -0.380 e. The van der Waals surface area contributed by atoms with E-state index >= 15 is 0 Å². The van der Waals surface area contributed by atoms with Gasteiger partial charge in [0.15, 0.2) is 0 Å². The molecule has 0 saturated heterocycles. The molecule has 0 atom stereocenters. The third kappa shape index (κ3) is 3.58.